The van der Waals surface area contributed by atoms with E-state index in [1.54, 1.807) is 12.2 Å². The molecule has 0 radical (unpaired) electrons. The molecule has 2 aliphatic rings. The van der Waals surface area contributed by atoms with Gasteiger partial charge in [0.05, 0.1) is 6.61 Å². The summed E-state index contributed by atoms with van der Waals surface area (Å²) in [5, 5.41) is 28.8. The molecule has 1 aliphatic carbocycles. The van der Waals surface area contributed by atoms with Crippen molar-refractivity contribution in [2.45, 2.75) is 50.9 Å². The maximum Gasteiger partial charge on any atom is 0.330 e. The summed E-state index contributed by atoms with van der Waals surface area (Å²) in [6.07, 6.45) is 8.65. The molecule has 0 bridgehead atoms. The number of carboxylic acids is 1. The molecule has 3 N–H and O–H groups in total. The van der Waals surface area contributed by atoms with Gasteiger partial charge >= 0.3 is 5.97 Å². The number of aliphatic hydroxyl groups is 2. The molecule has 1 aliphatic heterocycles. The third-order valence-electron chi connectivity index (χ3n) is 4.54. The molecule has 2 rings (SSSR count). The predicted octanol–water partition coefficient (Wildman–Crippen LogP) is 1.69. The Morgan fingerprint density at radius 2 is 2.08 bits per heavy atom. The Labute approximate surface area is 146 Å². The highest BCUT2D eigenvalue weighted by molar-refractivity contribution is 6.08. The topological polar surface area (TPSA) is 107 Å². The molecule has 0 aromatic carbocycles. The largest absolute Gasteiger partial charge is 0.478 e. The number of carbonyl (C=O) groups is 2. The molecule has 1 heterocycles. The highest BCUT2D eigenvalue weighted by Gasteiger charge is 2.67. The van der Waals surface area contributed by atoms with Crippen molar-refractivity contribution in [2.75, 3.05) is 6.61 Å². The minimum Gasteiger partial charge on any atom is -0.478 e. The number of hydrogen-bond donors (Lipinski definition) is 3. The van der Waals surface area contributed by atoms with Gasteiger partial charge in [-0.05, 0) is 18.9 Å². The van der Waals surface area contributed by atoms with Crippen LogP contribution in [0, 0.1) is 0 Å². The van der Waals surface area contributed by atoms with Crippen molar-refractivity contribution < 1.29 is 29.6 Å². The Morgan fingerprint density at radius 1 is 1.36 bits per heavy atom. The summed E-state index contributed by atoms with van der Waals surface area (Å²) in [6.45, 7) is 3.06. The number of ether oxygens (including phenoxy) is 1. The van der Waals surface area contributed by atoms with Gasteiger partial charge in [-0.3, -0.25) is 4.79 Å². The van der Waals surface area contributed by atoms with Crippen LogP contribution in [0.4, 0.5) is 0 Å². The zero-order valence-electron chi connectivity index (χ0n) is 14.4. The van der Waals surface area contributed by atoms with E-state index in [1.807, 2.05) is 12.2 Å². The first kappa shape index (κ1) is 19.3. The average Bonchev–Trinajstić information content (AvgIpc) is 3.33. The third kappa shape index (κ3) is 3.81. The highest BCUT2D eigenvalue weighted by Crippen LogP contribution is 2.50. The number of allylic oxidation sites excluding steroid dienone is 4. The van der Waals surface area contributed by atoms with Crippen LogP contribution in [0.2, 0.25) is 0 Å². The fourth-order valence-corrected chi connectivity index (χ4v) is 2.91. The summed E-state index contributed by atoms with van der Waals surface area (Å²) in [5.74, 6) is -1.40. The van der Waals surface area contributed by atoms with Crippen molar-refractivity contribution in [3.05, 3.63) is 47.1 Å². The summed E-state index contributed by atoms with van der Waals surface area (Å²) >= 11 is 0. The van der Waals surface area contributed by atoms with Crippen molar-refractivity contribution in [1.29, 1.82) is 0 Å². The van der Waals surface area contributed by atoms with Gasteiger partial charge in [-0.25, -0.2) is 4.79 Å². The third-order valence-corrected chi connectivity index (χ3v) is 4.54. The molecule has 0 amide bonds. The highest BCUT2D eigenvalue weighted by atomic mass is 16.6. The monoisotopic (exact) mass is 348 g/mol. The zero-order chi connectivity index (χ0) is 18.6. The molecule has 25 heavy (non-hydrogen) atoms. The van der Waals surface area contributed by atoms with Crippen molar-refractivity contribution in [3.63, 3.8) is 0 Å². The van der Waals surface area contributed by atoms with Crippen LogP contribution in [0.25, 0.3) is 0 Å². The van der Waals surface area contributed by atoms with Crippen molar-refractivity contribution >= 4 is 11.8 Å². The van der Waals surface area contributed by atoms with E-state index in [2.05, 4.69) is 6.92 Å². The first-order valence-corrected chi connectivity index (χ1v) is 8.36. The number of aliphatic carboxylic acids is 1. The zero-order valence-corrected chi connectivity index (χ0v) is 14.4. The summed E-state index contributed by atoms with van der Waals surface area (Å²) in [6, 6.07) is 0. The van der Waals surface area contributed by atoms with E-state index in [4.69, 9.17) is 9.84 Å². The number of Topliss-reactive ketones (excluding diaryl/α,β-unsaturated/α-hetero) is 1. The minimum absolute atomic E-state index is 0.0768. The SMILES string of the molecule is CCC/C=C/C=C/C1=C(CO)[C@@H](O)[C@H]2O[C@@]2(C/C=C(\C)C(=O)O)C1=O. The Bertz CT molecular complexity index is 669. The standard InChI is InChI=1S/C19H24O6/c1-3-4-5-6-7-8-13-14(11-20)15(21)17-19(25-17,16(13)22)10-9-12(2)18(23)24/h5-9,15,17,20-21H,3-4,10-11H2,1-2H3,(H,23,24)/b6-5+,8-7+,12-9+/t15-,17-,19+/m1/s1. The van der Waals surface area contributed by atoms with Gasteiger partial charge in [0, 0.05) is 17.6 Å². The summed E-state index contributed by atoms with van der Waals surface area (Å²) in [4.78, 5) is 23.8. The molecule has 3 atom stereocenters. The Morgan fingerprint density at radius 3 is 2.68 bits per heavy atom. The second-order valence-electron chi connectivity index (χ2n) is 6.27. The predicted molar refractivity (Wildman–Crippen MR) is 91.9 cm³/mol. The van der Waals surface area contributed by atoms with Crippen LogP contribution in [0.1, 0.15) is 33.1 Å². The molecule has 0 spiro atoms. The molecular weight excluding hydrogens is 324 g/mol. The van der Waals surface area contributed by atoms with Crippen LogP contribution in [0.3, 0.4) is 0 Å². The van der Waals surface area contributed by atoms with Crippen LogP contribution in [-0.4, -0.2) is 51.5 Å². The molecule has 1 saturated heterocycles. The van der Waals surface area contributed by atoms with Crippen LogP contribution in [0.15, 0.2) is 47.1 Å². The van der Waals surface area contributed by atoms with Crippen LogP contribution >= 0.6 is 0 Å². The second-order valence-corrected chi connectivity index (χ2v) is 6.27. The average molecular weight is 348 g/mol. The lowest BCUT2D eigenvalue weighted by Gasteiger charge is -2.23. The second kappa shape index (κ2) is 7.91. The van der Waals surface area contributed by atoms with E-state index >= 15 is 0 Å². The first-order chi connectivity index (χ1) is 11.9. The van der Waals surface area contributed by atoms with Crippen LogP contribution < -0.4 is 0 Å². The van der Waals surface area contributed by atoms with E-state index in [-0.39, 0.29) is 28.9 Å². The van der Waals surface area contributed by atoms with Gasteiger partial charge in [-0.1, -0.05) is 43.7 Å². The maximum absolute atomic E-state index is 12.8. The molecule has 0 saturated carbocycles. The number of carbonyl (C=O) groups excluding carboxylic acids is 1. The Balaban J connectivity index is 2.27. The quantitative estimate of drug-likeness (QED) is 0.350. The minimum atomic E-state index is -1.23. The Hall–Kier alpha value is -2.02. The van der Waals surface area contributed by atoms with E-state index < -0.39 is 30.4 Å². The van der Waals surface area contributed by atoms with Crippen molar-refractivity contribution in [2.24, 2.45) is 0 Å². The number of hydrogen-bond acceptors (Lipinski definition) is 5. The fraction of sp³-hybridized carbons (Fsp3) is 0.474. The van der Waals surface area contributed by atoms with E-state index in [0.29, 0.717) is 0 Å². The first-order valence-electron chi connectivity index (χ1n) is 8.36. The molecule has 0 aromatic rings. The van der Waals surface area contributed by atoms with Gasteiger partial charge in [0.2, 0.25) is 0 Å². The Kier molecular flexibility index (Phi) is 6.11. The number of epoxide rings is 1. The summed E-state index contributed by atoms with van der Waals surface area (Å²) in [7, 11) is 0. The maximum atomic E-state index is 12.8. The summed E-state index contributed by atoms with van der Waals surface area (Å²) < 4.78 is 5.49. The molecule has 0 aromatic heterocycles. The van der Waals surface area contributed by atoms with Gasteiger partial charge in [0.25, 0.3) is 0 Å². The number of aliphatic hydroxyl groups excluding tert-OH is 2. The number of fused-ring (bicyclic) bond motifs is 1. The molecule has 6 heteroatoms. The van der Waals surface area contributed by atoms with Crippen LogP contribution in [-0.2, 0) is 14.3 Å². The number of rotatable bonds is 8. The number of ketones is 1. The van der Waals surface area contributed by atoms with Gasteiger partial charge in [0.1, 0.15) is 12.2 Å². The molecule has 136 valence electrons. The van der Waals surface area contributed by atoms with E-state index in [9.17, 15) is 19.8 Å². The molecule has 0 unspecified atom stereocenters. The molecule has 6 nitrogen and oxygen atoms in total. The lowest BCUT2D eigenvalue weighted by Crippen LogP contribution is -2.40. The van der Waals surface area contributed by atoms with Gasteiger partial charge in [-0.15, -0.1) is 0 Å². The normalized spacial score (nSPS) is 29.6. The smallest absolute Gasteiger partial charge is 0.330 e. The lowest BCUT2D eigenvalue weighted by atomic mass is 9.79. The van der Waals surface area contributed by atoms with Gasteiger partial charge < -0.3 is 20.1 Å². The van der Waals surface area contributed by atoms with Crippen LogP contribution in [0.5, 0.6) is 0 Å². The number of carboxylic acid groups (broad SMARTS) is 1. The fourth-order valence-electron chi connectivity index (χ4n) is 2.91. The van der Waals surface area contributed by atoms with Gasteiger partial charge in [0.15, 0.2) is 11.4 Å². The number of unbranched alkanes of at least 4 members (excludes halogenated alkanes) is 1. The summed E-state index contributed by atoms with van der Waals surface area (Å²) in [5.41, 5.74) is -0.655. The van der Waals surface area contributed by atoms with Crippen molar-refractivity contribution in [3.8, 4) is 0 Å². The van der Waals surface area contributed by atoms with Gasteiger partial charge in [-0.2, -0.15) is 0 Å². The lowest BCUT2D eigenvalue weighted by molar-refractivity contribution is -0.132. The molecular formula is C19H24O6. The van der Waals surface area contributed by atoms with E-state index in [0.717, 1.165) is 12.8 Å². The molecule has 1 fully saturated rings. The van der Waals surface area contributed by atoms with E-state index in [1.165, 1.54) is 13.0 Å². The van der Waals surface area contributed by atoms with Crippen molar-refractivity contribution in [1.82, 2.24) is 0 Å².